The molecule has 0 bridgehead atoms. The van der Waals surface area contributed by atoms with Crippen molar-refractivity contribution >= 4 is 22.6 Å². The zero-order valence-corrected chi connectivity index (χ0v) is 13.7. The van der Waals surface area contributed by atoms with E-state index in [1.54, 1.807) is 0 Å². The molecule has 100 valence electrons. The van der Waals surface area contributed by atoms with Gasteiger partial charge in [0.1, 0.15) is 0 Å². The molecule has 0 aliphatic carbocycles. The molecule has 0 aliphatic heterocycles. The van der Waals surface area contributed by atoms with Gasteiger partial charge in [-0.25, -0.2) is 0 Å². The molecule has 0 aliphatic rings. The van der Waals surface area contributed by atoms with Crippen LogP contribution in [-0.2, 0) is 0 Å². The van der Waals surface area contributed by atoms with Crippen molar-refractivity contribution in [3.8, 4) is 11.8 Å². The molecule has 1 heteroatoms. The predicted molar refractivity (Wildman–Crippen MR) is 87.7 cm³/mol. The highest BCUT2D eigenvalue weighted by atomic mass is 127. The summed E-state index contributed by atoms with van der Waals surface area (Å²) in [7, 11) is 0. The smallest absolute Gasteiger partial charge is 0.00886 e. The second kappa shape index (κ2) is 16.3. The van der Waals surface area contributed by atoms with E-state index in [9.17, 15) is 0 Å². The Balaban J connectivity index is 3.04. The molecule has 0 amide bonds. The Morgan fingerprint density at radius 3 is 1.65 bits per heavy atom. The topological polar surface area (TPSA) is 0 Å². The first-order chi connectivity index (χ1) is 8.41. The minimum atomic E-state index is 1.12. The second-order valence-electron chi connectivity index (χ2n) is 4.72. The fraction of sp³-hybridized carbons (Fsp3) is 0.875. The largest absolute Gasteiger partial charge is 0.103 e. The molecule has 0 aromatic rings. The molecule has 0 aromatic heterocycles. The lowest BCUT2D eigenvalue weighted by atomic mass is 10.1. The monoisotopic (exact) mass is 348 g/mol. The predicted octanol–water partition coefficient (Wildman–Crippen LogP) is 6.13. The summed E-state index contributed by atoms with van der Waals surface area (Å²) < 4.78 is 1.32. The number of alkyl halides is 1. The van der Waals surface area contributed by atoms with Crippen molar-refractivity contribution in [2.45, 2.75) is 84.0 Å². The van der Waals surface area contributed by atoms with Gasteiger partial charge in [0.25, 0.3) is 0 Å². The van der Waals surface area contributed by atoms with Crippen molar-refractivity contribution in [1.29, 1.82) is 0 Å². The second-order valence-corrected chi connectivity index (χ2v) is 5.80. The zero-order valence-electron chi connectivity index (χ0n) is 11.6. The van der Waals surface area contributed by atoms with Gasteiger partial charge in [-0.15, -0.1) is 11.8 Å². The average molecular weight is 348 g/mol. The van der Waals surface area contributed by atoms with Crippen LogP contribution in [0.3, 0.4) is 0 Å². The van der Waals surface area contributed by atoms with Gasteiger partial charge < -0.3 is 0 Å². The quantitative estimate of drug-likeness (QED) is 0.182. The van der Waals surface area contributed by atoms with E-state index in [-0.39, 0.29) is 0 Å². The molecule has 0 N–H and O–H groups in total. The first kappa shape index (κ1) is 17.3. The minimum Gasteiger partial charge on any atom is -0.103 e. The van der Waals surface area contributed by atoms with E-state index in [1.165, 1.54) is 68.6 Å². The van der Waals surface area contributed by atoms with Gasteiger partial charge in [0.05, 0.1) is 0 Å². The fourth-order valence-electron chi connectivity index (χ4n) is 1.83. The molecular formula is C16H29I. The number of hydrogen-bond donors (Lipinski definition) is 0. The van der Waals surface area contributed by atoms with Crippen LogP contribution < -0.4 is 0 Å². The van der Waals surface area contributed by atoms with E-state index in [0.717, 1.165) is 12.8 Å². The number of halogens is 1. The molecule has 0 radical (unpaired) electrons. The van der Waals surface area contributed by atoms with Crippen molar-refractivity contribution < 1.29 is 0 Å². The maximum atomic E-state index is 3.31. The third kappa shape index (κ3) is 16.3. The molecule has 0 aromatic carbocycles. The van der Waals surface area contributed by atoms with Crippen LogP contribution in [0.25, 0.3) is 0 Å². The van der Waals surface area contributed by atoms with Crippen LogP contribution in [0.4, 0.5) is 0 Å². The van der Waals surface area contributed by atoms with E-state index in [4.69, 9.17) is 0 Å². The van der Waals surface area contributed by atoms with Crippen molar-refractivity contribution in [1.82, 2.24) is 0 Å². The molecule has 0 heterocycles. The summed E-state index contributed by atoms with van der Waals surface area (Å²) in [6.45, 7) is 2.26. The zero-order chi connectivity index (χ0) is 12.6. The first-order valence-corrected chi connectivity index (χ1v) is 8.96. The molecule has 0 fully saturated rings. The lowest BCUT2D eigenvalue weighted by Crippen LogP contribution is -1.80. The summed E-state index contributed by atoms with van der Waals surface area (Å²) in [6.07, 6.45) is 16.0. The minimum absolute atomic E-state index is 1.12. The lowest BCUT2D eigenvalue weighted by Gasteiger charge is -1.97. The van der Waals surface area contributed by atoms with Crippen LogP contribution in [0.1, 0.15) is 84.0 Å². The standard InChI is InChI=1S/C16H29I/c1-2-3-4-5-6-7-8-9-10-11-12-13-14-15-16-17/h2-6,9-16H2,1H3. The van der Waals surface area contributed by atoms with Crippen LogP contribution >= 0.6 is 22.6 Å². The van der Waals surface area contributed by atoms with E-state index in [2.05, 4.69) is 41.4 Å². The van der Waals surface area contributed by atoms with Crippen molar-refractivity contribution in [2.24, 2.45) is 0 Å². The van der Waals surface area contributed by atoms with Crippen LogP contribution in [0.15, 0.2) is 0 Å². The Hall–Kier alpha value is 0.290. The Bertz CT molecular complexity index is 187. The van der Waals surface area contributed by atoms with Gasteiger partial charge in [-0.3, -0.25) is 0 Å². The summed E-state index contributed by atoms with van der Waals surface area (Å²) in [5, 5.41) is 0. The van der Waals surface area contributed by atoms with Crippen LogP contribution in [0.5, 0.6) is 0 Å². The van der Waals surface area contributed by atoms with E-state index >= 15 is 0 Å². The molecule has 0 spiro atoms. The van der Waals surface area contributed by atoms with Gasteiger partial charge >= 0.3 is 0 Å². The Labute approximate surface area is 122 Å². The molecule has 0 atom stereocenters. The molecule has 0 unspecified atom stereocenters. The Morgan fingerprint density at radius 2 is 1.12 bits per heavy atom. The molecule has 0 rings (SSSR count). The van der Waals surface area contributed by atoms with Gasteiger partial charge in [0.2, 0.25) is 0 Å². The number of hydrogen-bond acceptors (Lipinski definition) is 0. The van der Waals surface area contributed by atoms with Crippen LogP contribution in [-0.4, -0.2) is 4.43 Å². The van der Waals surface area contributed by atoms with Gasteiger partial charge in [-0.2, -0.15) is 0 Å². The molecule has 0 nitrogen and oxygen atoms in total. The molecular weight excluding hydrogens is 319 g/mol. The maximum absolute atomic E-state index is 3.31. The highest BCUT2D eigenvalue weighted by molar-refractivity contribution is 14.1. The maximum Gasteiger partial charge on any atom is 0.00886 e. The summed E-state index contributed by atoms with van der Waals surface area (Å²) >= 11 is 2.46. The fourth-order valence-corrected chi connectivity index (χ4v) is 2.37. The van der Waals surface area contributed by atoms with Gasteiger partial charge in [-0.1, -0.05) is 74.5 Å². The highest BCUT2D eigenvalue weighted by Gasteiger charge is 1.89. The van der Waals surface area contributed by atoms with Crippen molar-refractivity contribution in [3.05, 3.63) is 0 Å². The Morgan fingerprint density at radius 1 is 0.647 bits per heavy atom. The molecule has 17 heavy (non-hydrogen) atoms. The van der Waals surface area contributed by atoms with Crippen LogP contribution in [0, 0.1) is 11.8 Å². The van der Waals surface area contributed by atoms with Gasteiger partial charge in [0.15, 0.2) is 0 Å². The lowest BCUT2D eigenvalue weighted by molar-refractivity contribution is 0.617. The highest BCUT2D eigenvalue weighted by Crippen LogP contribution is 2.07. The summed E-state index contributed by atoms with van der Waals surface area (Å²) in [5.41, 5.74) is 0. The summed E-state index contributed by atoms with van der Waals surface area (Å²) in [6, 6.07) is 0. The van der Waals surface area contributed by atoms with Crippen molar-refractivity contribution in [3.63, 3.8) is 0 Å². The van der Waals surface area contributed by atoms with Crippen LogP contribution in [0.2, 0.25) is 0 Å². The summed E-state index contributed by atoms with van der Waals surface area (Å²) in [5.74, 6) is 6.62. The van der Waals surface area contributed by atoms with E-state index in [1.807, 2.05) is 0 Å². The third-order valence-corrected chi connectivity index (χ3v) is 3.73. The normalized spacial score (nSPS) is 10.0. The SMILES string of the molecule is CCCCCCC#CCCCCCCCCI. The third-order valence-electron chi connectivity index (χ3n) is 2.97. The first-order valence-electron chi connectivity index (χ1n) is 7.43. The van der Waals surface area contributed by atoms with Crippen molar-refractivity contribution in [2.75, 3.05) is 4.43 Å². The Kier molecular flexibility index (Phi) is 16.6. The molecule has 0 saturated heterocycles. The number of rotatable bonds is 11. The van der Waals surface area contributed by atoms with E-state index in [0.29, 0.717) is 0 Å². The molecule has 0 saturated carbocycles. The van der Waals surface area contributed by atoms with Gasteiger partial charge in [0, 0.05) is 12.8 Å². The summed E-state index contributed by atoms with van der Waals surface area (Å²) in [4.78, 5) is 0. The van der Waals surface area contributed by atoms with Gasteiger partial charge in [-0.05, 0) is 23.7 Å². The number of unbranched alkanes of at least 4 members (excludes halogenated alkanes) is 10. The average Bonchev–Trinajstić information content (AvgIpc) is 2.35. The van der Waals surface area contributed by atoms with E-state index < -0.39 is 0 Å².